The second kappa shape index (κ2) is 8.79. The summed E-state index contributed by atoms with van der Waals surface area (Å²) in [5, 5.41) is 4.04. The summed E-state index contributed by atoms with van der Waals surface area (Å²) in [4.78, 5) is 13.2. The first kappa shape index (κ1) is 20.3. The fourth-order valence-corrected chi connectivity index (χ4v) is 3.78. The number of hydrogen-bond donors (Lipinski definition) is 1. The molecule has 0 bridgehead atoms. The van der Waals surface area contributed by atoms with Crippen LogP contribution in [0.15, 0.2) is 46.9 Å². The van der Waals surface area contributed by atoms with Gasteiger partial charge in [-0.1, -0.05) is 38.1 Å². The molecule has 1 aromatic heterocycles. The topological polar surface area (TPSA) is 69.9 Å². The number of furan rings is 1. The van der Waals surface area contributed by atoms with Crippen molar-refractivity contribution in [3.8, 4) is 11.5 Å². The average Bonchev–Trinajstić information content (AvgIpc) is 2.94. The third-order valence-corrected chi connectivity index (χ3v) is 5.28. The number of nitrogens with one attached hydrogen (secondary N) is 1. The van der Waals surface area contributed by atoms with Crippen LogP contribution in [0.1, 0.15) is 48.0 Å². The molecule has 0 aliphatic carbocycles. The van der Waals surface area contributed by atoms with Gasteiger partial charge in [0.15, 0.2) is 17.3 Å². The zero-order valence-electron chi connectivity index (χ0n) is 17.6. The molecule has 0 radical (unpaired) electrons. The van der Waals surface area contributed by atoms with E-state index >= 15 is 0 Å². The van der Waals surface area contributed by atoms with E-state index in [2.05, 4.69) is 19.2 Å². The predicted octanol–water partition coefficient (Wildman–Crippen LogP) is 4.87. The molecule has 0 fully saturated rings. The maximum atomic E-state index is 13.2. The Hall–Kier alpha value is -2.99. The minimum atomic E-state index is -0.260. The highest BCUT2D eigenvalue weighted by atomic mass is 16.5. The van der Waals surface area contributed by atoms with E-state index in [0.29, 0.717) is 31.2 Å². The molecule has 0 saturated heterocycles. The Kier molecular flexibility index (Phi) is 5.95. The number of amides is 1. The Morgan fingerprint density at radius 2 is 1.87 bits per heavy atom. The molecule has 1 aliphatic heterocycles. The van der Waals surface area contributed by atoms with Gasteiger partial charge in [0.1, 0.15) is 5.58 Å². The second-order valence-corrected chi connectivity index (χ2v) is 7.79. The maximum absolute atomic E-state index is 13.2. The van der Waals surface area contributed by atoms with E-state index in [1.54, 1.807) is 7.11 Å². The largest absolute Gasteiger partial charge is 0.490 e. The number of benzene rings is 2. The normalized spacial score (nSPS) is 14.5. The molecular weight excluding hydrogens is 382 g/mol. The number of rotatable bonds is 6. The molecule has 2 heterocycles. The third-order valence-electron chi connectivity index (χ3n) is 5.28. The molecule has 1 amide bonds. The van der Waals surface area contributed by atoms with Crippen LogP contribution in [0.2, 0.25) is 0 Å². The number of fused-ring (bicyclic) bond motifs is 2. The van der Waals surface area contributed by atoms with Crippen molar-refractivity contribution in [1.82, 2.24) is 5.32 Å². The average molecular weight is 409 g/mol. The molecule has 0 saturated carbocycles. The third kappa shape index (κ3) is 4.00. The summed E-state index contributed by atoms with van der Waals surface area (Å²) < 4.78 is 22.8. The quantitative estimate of drug-likeness (QED) is 0.629. The fraction of sp³-hybridized carbons (Fsp3) is 0.375. The molecule has 1 unspecified atom stereocenters. The van der Waals surface area contributed by atoms with Crippen LogP contribution in [-0.2, 0) is 11.3 Å². The SMILES string of the molecule is COCc1c(C(=O)NC(c2ccc3c(c2)OCCCO3)C(C)C)oc2ccccc12. The minimum Gasteiger partial charge on any atom is -0.490 e. The van der Waals surface area contributed by atoms with Crippen molar-refractivity contribution < 1.29 is 23.4 Å². The van der Waals surface area contributed by atoms with E-state index in [1.807, 2.05) is 42.5 Å². The minimum absolute atomic E-state index is 0.161. The van der Waals surface area contributed by atoms with Gasteiger partial charge in [-0.3, -0.25) is 4.79 Å². The van der Waals surface area contributed by atoms with Gasteiger partial charge in [-0.15, -0.1) is 0 Å². The molecule has 1 aliphatic rings. The van der Waals surface area contributed by atoms with Crippen LogP contribution < -0.4 is 14.8 Å². The lowest BCUT2D eigenvalue weighted by Gasteiger charge is -2.23. The first-order valence-corrected chi connectivity index (χ1v) is 10.3. The Labute approximate surface area is 176 Å². The summed E-state index contributed by atoms with van der Waals surface area (Å²) in [7, 11) is 1.61. The van der Waals surface area contributed by atoms with Crippen molar-refractivity contribution in [2.75, 3.05) is 20.3 Å². The smallest absolute Gasteiger partial charge is 0.287 e. The summed E-state index contributed by atoms with van der Waals surface area (Å²) >= 11 is 0. The lowest BCUT2D eigenvalue weighted by atomic mass is 9.95. The molecule has 6 nitrogen and oxygen atoms in total. The van der Waals surface area contributed by atoms with Gasteiger partial charge in [-0.25, -0.2) is 0 Å². The van der Waals surface area contributed by atoms with Gasteiger partial charge in [0.2, 0.25) is 0 Å². The molecule has 158 valence electrons. The van der Waals surface area contributed by atoms with Crippen molar-refractivity contribution in [2.24, 2.45) is 5.92 Å². The van der Waals surface area contributed by atoms with Crippen molar-refractivity contribution in [3.05, 3.63) is 59.4 Å². The van der Waals surface area contributed by atoms with Crippen LogP contribution in [0, 0.1) is 5.92 Å². The van der Waals surface area contributed by atoms with E-state index in [-0.39, 0.29) is 23.6 Å². The molecule has 4 rings (SSSR count). The summed E-state index contributed by atoms with van der Waals surface area (Å²) in [6.07, 6.45) is 0.850. The summed E-state index contributed by atoms with van der Waals surface area (Å²) in [5.41, 5.74) is 2.39. The zero-order valence-corrected chi connectivity index (χ0v) is 17.6. The van der Waals surface area contributed by atoms with Gasteiger partial charge >= 0.3 is 0 Å². The summed E-state index contributed by atoms with van der Waals surface area (Å²) in [6.45, 7) is 5.71. The van der Waals surface area contributed by atoms with Crippen LogP contribution in [0.25, 0.3) is 11.0 Å². The van der Waals surface area contributed by atoms with E-state index in [1.165, 1.54) is 0 Å². The van der Waals surface area contributed by atoms with Crippen molar-refractivity contribution in [2.45, 2.75) is 32.9 Å². The molecular formula is C24H27NO5. The molecule has 1 N–H and O–H groups in total. The lowest BCUT2D eigenvalue weighted by molar-refractivity contribution is 0.0893. The molecule has 1 atom stereocenters. The Balaban J connectivity index is 1.64. The van der Waals surface area contributed by atoms with Gasteiger partial charge < -0.3 is 23.9 Å². The summed E-state index contributed by atoms with van der Waals surface area (Å²) in [5.74, 6) is 1.65. The summed E-state index contributed by atoms with van der Waals surface area (Å²) in [6, 6.07) is 13.2. The molecule has 6 heteroatoms. The molecule has 30 heavy (non-hydrogen) atoms. The first-order valence-electron chi connectivity index (χ1n) is 10.3. The molecule has 2 aromatic carbocycles. The van der Waals surface area contributed by atoms with Crippen LogP contribution in [0.3, 0.4) is 0 Å². The highest BCUT2D eigenvalue weighted by molar-refractivity contribution is 5.99. The van der Waals surface area contributed by atoms with Crippen molar-refractivity contribution >= 4 is 16.9 Å². The Morgan fingerprint density at radius 3 is 2.63 bits per heavy atom. The predicted molar refractivity (Wildman–Crippen MR) is 114 cm³/mol. The van der Waals surface area contributed by atoms with Crippen LogP contribution in [-0.4, -0.2) is 26.2 Å². The first-order chi connectivity index (χ1) is 14.6. The number of para-hydroxylation sites is 1. The highest BCUT2D eigenvalue weighted by Gasteiger charge is 2.26. The lowest BCUT2D eigenvalue weighted by Crippen LogP contribution is -2.32. The Bertz CT molecular complexity index is 1040. The van der Waals surface area contributed by atoms with Crippen LogP contribution in [0.5, 0.6) is 11.5 Å². The standard InChI is InChI=1S/C24H27NO5/c1-15(2)22(16-9-10-20-21(13-16)29-12-6-11-28-20)25-24(26)23-18(14-27-3)17-7-4-5-8-19(17)30-23/h4-5,7-10,13,15,22H,6,11-12,14H2,1-3H3,(H,25,26). The zero-order chi connectivity index (χ0) is 21.1. The molecule has 0 spiro atoms. The van der Waals surface area contributed by atoms with E-state index in [4.69, 9.17) is 18.6 Å². The Morgan fingerprint density at radius 1 is 1.10 bits per heavy atom. The van der Waals surface area contributed by atoms with Gasteiger partial charge in [-0.05, 0) is 29.7 Å². The fourth-order valence-electron chi connectivity index (χ4n) is 3.78. The number of hydrogen-bond acceptors (Lipinski definition) is 5. The maximum Gasteiger partial charge on any atom is 0.287 e. The van der Waals surface area contributed by atoms with Crippen molar-refractivity contribution in [3.63, 3.8) is 0 Å². The van der Waals surface area contributed by atoms with E-state index in [9.17, 15) is 4.79 Å². The van der Waals surface area contributed by atoms with E-state index < -0.39 is 0 Å². The highest BCUT2D eigenvalue weighted by Crippen LogP contribution is 2.35. The number of carbonyl (C=O) groups is 1. The van der Waals surface area contributed by atoms with Gasteiger partial charge in [0.05, 0.1) is 25.9 Å². The van der Waals surface area contributed by atoms with Gasteiger partial charge in [-0.2, -0.15) is 0 Å². The van der Waals surface area contributed by atoms with Gasteiger partial charge in [0.25, 0.3) is 5.91 Å². The van der Waals surface area contributed by atoms with Gasteiger partial charge in [0, 0.05) is 24.5 Å². The second-order valence-electron chi connectivity index (χ2n) is 7.79. The van der Waals surface area contributed by atoms with Crippen LogP contribution >= 0.6 is 0 Å². The number of ether oxygens (including phenoxy) is 3. The number of carbonyl (C=O) groups excluding carboxylic acids is 1. The van der Waals surface area contributed by atoms with Crippen LogP contribution in [0.4, 0.5) is 0 Å². The molecule has 3 aromatic rings. The van der Waals surface area contributed by atoms with Crippen molar-refractivity contribution in [1.29, 1.82) is 0 Å². The monoisotopic (exact) mass is 409 g/mol. The van der Waals surface area contributed by atoms with E-state index in [0.717, 1.165) is 28.7 Å². The number of methoxy groups -OCH3 is 1.